The molecule has 0 spiro atoms. The van der Waals surface area contributed by atoms with Gasteiger partial charge in [0.2, 0.25) is 0 Å². The fourth-order valence-corrected chi connectivity index (χ4v) is 1.46. The van der Waals surface area contributed by atoms with Crippen molar-refractivity contribution in [1.29, 1.82) is 0 Å². The van der Waals surface area contributed by atoms with E-state index in [2.05, 4.69) is 15.9 Å². The van der Waals surface area contributed by atoms with Crippen LogP contribution in [0.1, 0.15) is 27.6 Å². The van der Waals surface area contributed by atoms with Crippen molar-refractivity contribution in [3.05, 3.63) is 33.5 Å². The summed E-state index contributed by atoms with van der Waals surface area (Å²) in [5.74, 6) is -2.90. The van der Waals surface area contributed by atoms with E-state index in [4.69, 9.17) is 5.11 Å². The first-order chi connectivity index (χ1) is 6.43. The van der Waals surface area contributed by atoms with E-state index in [1.165, 1.54) is 13.0 Å². The molecule has 0 radical (unpaired) electrons. The second kappa shape index (κ2) is 3.88. The summed E-state index contributed by atoms with van der Waals surface area (Å²) < 4.78 is 13.7. The van der Waals surface area contributed by atoms with Gasteiger partial charge in [0.1, 0.15) is 5.82 Å². The van der Waals surface area contributed by atoms with Gasteiger partial charge in [-0.25, -0.2) is 9.18 Å². The van der Waals surface area contributed by atoms with Crippen LogP contribution in [0, 0.1) is 5.82 Å². The molecule has 0 heterocycles. The summed E-state index contributed by atoms with van der Waals surface area (Å²) in [7, 11) is 0. The van der Waals surface area contributed by atoms with Crippen LogP contribution in [0.3, 0.4) is 0 Å². The van der Waals surface area contributed by atoms with Gasteiger partial charge in [0.15, 0.2) is 5.78 Å². The summed E-state index contributed by atoms with van der Waals surface area (Å²) in [6.07, 6.45) is 0. The number of carbonyl (C=O) groups is 2. The van der Waals surface area contributed by atoms with Gasteiger partial charge in [0, 0.05) is 4.47 Å². The van der Waals surface area contributed by atoms with Crippen LogP contribution in [-0.4, -0.2) is 16.9 Å². The van der Waals surface area contributed by atoms with Crippen LogP contribution in [-0.2, 0) is 0 Å². The second-order valence-electron chi connectivity index (χ2n) is 2.68. The largest absolute Gasteiger partial charge is 0.478 e. The molecule has 0 aliphatic rings. The summed E-state index contributed by atoms with van der Waals surface area (Å²) in [6, 6.07) is 2.37. The molecule has 0 aliphatic carbocycles. The minimum Gasteiger partial charge on any atom is -0.478 e. The molecule has 0 amide bonds. The molecule has 3 nitrogen and oxygen atoms in total. The average molecular weight is 261 g/mol. The molecule has 74 valence electrons. The molecule has 0 aromatic heterocycles. The lowest BCUT2D eigenvalue weighted by atomic mass is 10.1. The van der Waals surface area contributed by atoms with E-state index >= 15 is 0 Å². The maximum atomic E-state index is 13.3. The molecule has 0 unspecified atom stereocenters. The summed E-state index contributed by atoms with van der Waals surface area (Å²) in [5.41, 5.74) is -0.735. The number of halogens is 2. The maximum Gasteiger partial charge on any atom is 0.338 e. The first-order valence-corrected chi connectivity index (χ1v) is 4.46. The van der Waals surface area contributed by atoms with Crippen LogP contribution in [0.5, 0.6) is 0 Å². The van der Waals surface area contributed by atoms with Gasteiger partial charge >= 0.3 is 5.97 Å². The van der Waals surface area contributed by atoms with Gasteiger partial charge in [-0.2, -0.15) is 0 Å². The predicted octanol–water partition coefficient (Wildman–Crippen LogP) is 2.49. The third-order valence-electron chi connectivity index (χ3n) is 1.65. The highest BCUT2D eigenvalue weighted by atomic mass is 79.9. The molecule has 0 fully saturated rings. The highest BCUT2D eigenvalue weighted by molar-refractivity contribution is 9.10. The minimum absolute atomic E-state index is 0.225. The number of Topliss-reactive ketones (excluding diaryl/α,β-unsaturated/α-hetero) is 1. The summed E-state index contributed by atoms with van der Waals surface area (Å²) in [5, 5.41) is 8.62. The standard InChI is InChI=1S/C9H6BrFO3/c1-4(12)6-2-5(10)3-7(8(6)11)9(13)14/h2-3H,1H3,(H,13,14). The van der Waals surface area contributed by atoms with Gasteiger partial charge in [-0.3, -0.25) is 4.79 Å². The lowest BCUT2D eigenvalue weighted by molar-refractivity contribution is 0.0691. The molecule has 1 rings (SSSR count). The Balaban J connectivity index is 3.47. The van der Waals surface area contributed by atoms with E-state index in [-0.39, 0.29) is 5.56 Å². The van der Waals surface area contributed by atoms with Crippen LogP contribution in [0.25, 0.3) is 0 Å². The van der Waals surface area contributed by atoms with Crippen molar-refractivity contribution >= 4 is 27.7 Å². The van der Waals surface area contributed by atoms with Crippen molar-refractivity contribution in [3.63, 3.8) is 0 Å². The number of carboxylic acids is 1. The normalized spacial score (nSPS) is 9.93. The molecule has 0 bridgehead atoms. The Morgan fingerprint density at radius 1 is 1.36 bits per heavy atom. The minimum atomic E-state index is -1.40. The third kappa shape index (κ3) is 1.98. The Labute approximate surface area is 87.7 Å². The Bertz CT molecular complexity index is 380. The van der Waals surface area contributed by atoms with Crippen molar-refractivity contribution in [2.75, 3.05) is 0 Å². The van der Waals surface area contributed by atoms with E-state index in [1.54, 1.807) is 0 Å². The van der Waals surface area contributed by atoms with Crippen LogP contribution < -0.4 is 0 Å². The van der Waals surface area contributed by atoms with E-state index in [1.807, 2.05) is 0 Å². The zero-order valence-electron chi connectivity index (χ0n) is 7.17. The van der Waals surface area contributed by atoms with Crippen molar-refractivity contribution in [2.45, 2.75) is 6.92 Å². The van der Waals surface area contributed by atoms with Gasteiger partial charge < -0.3 is 5.11 Å². The van der Waals surface area contributed by atoms with Gasteiger partial charge in [0.05, 0.1) is 11.1 Å². The molecule has 1 aromatic rings. The van der Waals surface area contributed by atoms with Crippen LogP contribution in [0.4, 0.5) is 4.39 Å². The SMILES string of the molecule is CC(=O)c1cc(Br)cc(C(=O)O)c1F. The number of hydrogen-bond acceptors (Lipinski definition) is 2. The van der Waals surface area contributed by atoms with Gasteiger partial charge in [-0.15, -0.1) is 0 Å². The van der Waals surface area contributed by atoms with E-state index in [9.17, 15) is 14.0 Å². The Morgan fingerprint density at radius 2 is 1.86 bits per heavy atom. The molecule has 0 saturated heterocycles. The second-order valence-corrected chi connectivity index (χ2v) is 3.59. The number of ketones is 1. The smallest absolute Gasteiger partial charge is 0.338 e. The zero-order chi connectivity index (χ0) is 10.9. The van der Waals surface area contributed by atoms with E-state index < -0.39 is 23.1 Å². The first kappa shape index (κ1) is 10.8. The molecule has 0 aliphatic heterocycles. The molecule has 1 N–H and O–H groups in total. The lowest BCUT2D eigenvalue weighted by Crippen LogP contribution is -2.06. The summed E-state index contributed by atoms with van der Waals surface area (Å²) in [6.45, 7) is 1.18. The van der Waals surface area contributed by atoms with Crippen LogP contribution >= 0.6 is 15.9 Å². The number of aromatic carboxylic acids is 1. The van der Waals surface area contributed by atoms with Crippen molar-refractivity contribution in [2.24, 2.45) is 0 Å². The Hall–Kier alpha value is -1.23. The highest BCUT2D eigenvalue weighted by Crippen LogP contribution is 2.20. The van der Waals surface area contributed by atoms with Crippen molar-refractivity contribution < 1.29 is 19.1 Å². The van der Waals surface area contributed by atoms with Gasteiger partial charge in [-0.05, 0) is 19.1 Å². The van der Waals surface area contributed by atoms with E-state index in [0.717, 1.165) is 6.07 Å². The number of benzene rings is 1. The molecule has 0 atom stereocenters. The van der Waals surface area contributed by atoms with Gasteiger partial charge in [-0.1, -0.05) is 15.9 Å². The number of hydrogen-bond donors (Lipinski definition) is 1. The molecule has 5 heteroatoms. The van der Waals surface area contributed by atoms with Gasteiger partial charge in [0.25, 0.3) is 0 Å². The molecule has 0 saturated carbocycles. The Kier molecular flexibility index (Phi) is 3.00. The lowest BCUT2D eigenvalue weighted by Gasteiger charge is -2.03. The fraction of sp³-hybridized carbons (Fsp3) is 0.111. The quantitative estimate of drug-likeness (QED) is 0.832. The number of carboxylic acid groups (broad SMARTS) is 1. The molecule has 14 heavy (non-hydrogen) atoms. The first-order valence-electron chi connectivity index (χ1n) is 3.66. The monoisotopic (exact) mass is 260 g/mol. The molecular weight excluding hydrogens is 255 g/mol. The molecular formula is C9H6BrFO3. The highest BCUT2D eigenvalue weighted by Gasteiger charge is 2.17. The van der Waals surface area contributed by atoms with E-state index in [0.29, 0.717) is 4.47 Å². The summed E-state index contributed by atoms with van der Waals surface area (Å²) in [4.78, 5) is 21.5. The van der Waals surface area contributed by atoms with Crippen LogP contribution in [0.2, 0.25) is 0 Å². The fourth-order valence-electron chi connectivity index (χ4n) is 1.00. The maximum absolute atomic E-state index is 13.3. The Morgan fingerprint density at radius 3 is 2.29 bits per heavy atom. The van der Waals surface area contributed by atoms with Crippen LogP contribution in [0.15, 0.2) is 16.6 Å². The number of carbonyl (C=O) groups excluding carboxylic acids is 1. The number of rotatable bonds is 2. The summed E-state index contributed by atoms with van der Waals surface area (Å²) >= 11 is 3.00. The zero-order valence-corrected chi connectivity index (χ0v) is 8.76. The van der Waals surface area contributed by atoms with Crippen molar-refractivity contribution in [1.82, 2.24) is 0 Å². The predicted molar refractivity (Wildman–Crippen MR) is 51.1 cm³/mol. The topological polar surface area (TPSA) is 54.4 Å². The average Bonchev–Trinajstić information content (AvgIpc) is 2.07. The third-order valence-corrected chi connectivity index (χ3v) is 2.10. The molecule has 1 aromatic carbocycles. The van der Waals surface area contributed by atoms with Crippen molar-refractivity contribution in [3.8, 4) is 0 Å².